The molecule has 5 nitrogen and oxygen atoms in total. The van der Waals surface area contributed by atoms with Gasteiger partial charge in [0, 0.05) is 19.5 Å². The Morgan fingerprint density at radius 2 is 1.89 bits per heavy atom. The Labute approximate surface area is 170 Å². The van der Waals surface area contributed by atoms with Crippen molar-refractivity contribution in [1.82, 2.24) is 19.9 Å². The average Bonchev–Trinajstić information content (AvgIpc) is 2.91. The van der Waals surface area contributed by atoms with Gasteiger partial charge >= 0.3 is 0 Å². The first-order chi connectivity index (χ1) is 13.3. The molecule has 0 radical (unpaired) electrons. The van der Waals surface area contributed by atoms with Gasteiger partial charge in [-0.3, -0.25) is 4.90 Å². The summed E-state index contributed by atoms with van der Waals surface area (Å²) in [7, 11) is 2.18. The number of hydrogen-bond acceptors (Lipinski definition) is 5. The van der Waals surface area contributed by atoms with Crippen molar-refractivity contribution in [2.24, 2.45) is 0 Å². The third-order valence-electron chi connectivity index (χ3n) is 5.91. The van der Waals surface area contributed by atoms with E-state index in [1.807, 2.05) is 6.92 Å². The van der Waals surface area contributed by atoms with Crippen LogP contribution in [0.1, 0.15) is 62.9 Å². The zero-order valence-corrected chi connectivity index (χ0v) is 18.2. The van der Waals surface area contributed by atoms with Crippen molar-refractivity contribution in [3.63, 3.8) is 0 Å². The molecule has 0 aliphatic carbocycles. The average molecular weight is 385 g/mol. The molecule has 1 unspecified atom stereocenters. The maximum Gasteiger partial charge on any atom is 0.223 e. The molecule has 0 bridgehead atoms. The molecule has 0 amide bonds. The Bertz CT molecular complexity index is 732. The summed E-state index contributed by atoms with van der Waals surface area (Å²) in [5.74, 6) is 1.44. The minimum absolute atomic E-state index is 0.227. The van der Waals surface area contributed by atoms with Crippen LogP contribution in [0.4, 0.5) is 0 Å². The number of rotatable bonds is 6. The molecule has 1 atom stereocenters. The van der Waals surface area contributed by atoms with Gasteiger partial charge in [0.1, 0.15) is 0 Å². The van der Waals surface area contributed by atoms with Crippen LogP contribution in [0.15, 0.2) is 28.8 Å². The molecular formula is C23H36N4O. The lowest BCUT2D eigenvalue weighted by molar-refractivity contribution is 0.201. The summed E-state index contributed by atoms with van der Waals surface area (Å²) in [4.78, 5) is 9.36. The summed E-state index contributed by atoms with van der Waals surface area (Å²) in [6.07, 6.45) is 4.83. The van der Waals surface area contributed by atoms with E-state index in [1.165, 1.54) is 43.5 Å². The Balaban J connectivity index is 1.46. The lowest BCUT2D eigenvalue weighted by Crippen LogP contribution is -2.33. The van der Waals surface area contributed by atoms with Crippen molar-refractivity contribution in [2.75, 3.05) is 26.7 Å². The number of likely N-dealkylation sites (tertiary alicyclic amines) is 1. The number of aromatic nitrogens is 2. The van der Waals surface area contributed by atoms with Gasteiger partial charge < -0.3 is 9.42 Å². The molecule has 5 heteroatoms. The van der Waals surface area contributed by atoms with E-state index in [4.69, 9.17) is 4.52 Å². The largest absolute Gasteiger partial charge is 0.340 e. The smallest absolute Gasteiger partial charge is 0.223 e. The highest BCUT2D eigenvalue weighted by Gasteiger charge is 2.21. The van der Waals surface area contributed by atoms with E-state index in [1.54, 1.807) is 0 Å². The van der Waals surface area contributed by atoms with Gasteiger partial charge in [-0.05, 0) is 62.4 Å². The van der Waals surface area contributed by atoms with E-state index >= 15 is 0 Å². The molecule has 154 valence electrons. The van der Waals surface area contributed by atoms with Crippen molar-refractivity contribution in [3.05, 3.63) is 47.1 Å². The first kappa shape index (κ1) is 21.0. The molecule has 0 saturated carbocycles. The van der Waals surface area contributed by atoms with Gasteiger partial charge in [0.05, 0.1) is 6.54 Å². The zero-order valence-electron chi connectivity index (χ0n) is 18.2. The topological polar surface area (TPSA) is 45.4 Å². The SMILES string of the molecule is Cc1nc(CN(C)C2CCCN(CCc3ccc(C(C)(C)C)cc3)CC2)no1. The highest BCUT2D eigenvalue weighted by Crippen LogP contribution is 2.23. The van der Waals surface area contributed by atoms with Crippen LogP contribution in [0.25, 0.3) is 0 Å². The van der Waals surface area contributed by atoms with E-state index in [0.717, 1.165) is 25.3 Å². The van der Waals surface area contributed by atoms with Gasteiger partial charge in [0.25, 0.3) is 0 Å². The second kappa shape index (κ2) is 9.19. The molecule has 1 aromatic heterocycles. The van der Waals surface area contributed by atoms with E-state index < -0.39 is 0 Å². The van der Waals surface area contributed by atoms with E-state index in [9.17, 15) is 0 Å². The number of aryl methyl sites for hydroxylation is 1. The maximum absolute atomic E-state index is 5.10. The van der Waals surface area contributed by atoms with Gasteiger partial charge in [0.15, 0.2) is 5.82 Å². The Hall–Kier alpha value is -1.72. The van der Waals surface area contributed by atoms with Crippen LogP contribution in [-0.2, 0) is 18.4 Å². The van der Waals surface area contributed by atoms with Crippen molar-refractivity contribution >= 4 is 0 Å². The van der Waals surface area contributed by atoms with Crippen LogP contribution in [0.3, 0.4) is 0 Å². The fraction of sp³-hybridized carbons (Fsp3) is 0.652. The van der Waals surface area contributed by atoms with Crippen LogP contribution in [0.2, 0.25) is 0 Å². The zero-order chi connectivity index (χ0) is 20.1. The molecular weight excluding hydrogens is 348 g/mol. The molecule has 1 aliphatic heterocycles. The summed E-state index contributed by atoms with van der Waals surface area (Å²) >= 11 is 0. The Kier molecular flexibility index (Phi) is 6.89. The minimum atomic E-state index is 0.227. The molecule has 1 fully saturated rings. The summed E-state index contributed by atoms with van der Waals surface area (Å²) in [6.45, 7) is 12.9. The van der Waals surface area contributed by atoms with Crippen LogP contribution >= 0.6 is 0 Å². The van der Waals surface area contributed by atoms with Crippen LogP contribution in [0, 0.1) is 6.92 Å². The third kappa shape index (κ3) is 5.89. The summed E-state index contributed by atoms with van der Waals surface area (Å²) in [5, 5.41) is 4.03. The number of hydrogen-bond donors (Lipinski definition) is 0. The normalized spacial score (nSPS) is 19.1. The predicted octanol–water partition coefficient (Wildman–Crippen LogP) is 4.20. The molecule has 1 aliphatic rings. The second-order valence-corrected chi connectivity index (χ2v) is 9.27. The molecule has 2 heterocycles. The molecule has 1 saturated heterocycles. The Morgan fingerprint density at radius 3 is 2.54 bits per heavy atom. The number of nitrogens with zero attached hydrogens (tertiary/aromatic N) is 4. The lowest BCUT2D eigenvalue weighted by Gasteiger charge is -2.26. The first-order valence-corrected chi connectivity index (χ1v) is 10.6. The predicted molar refractivity (Wildman–Crippen MR) is 113 cm³/mol. The van der Waals surface area contributed by atoms with Crippen LogP contribution in [0.5, 0.6) is 0 Å². The summed E-state index contributed by atoms with van der Waals surface area (Å²) < 4.78 is 5.10. The second-order valence-electron chi connectivity index (χ2n) is 9.27. The van der Waals surface area contributed by atoms with Crippen molar-refractivity contribution in [1.29, 1.82) is 0 Å². The van der Waals surface area contributed by atoms with Crippen LogP contribution in [-0.4, -0.2) is 52.7 Å². The number of benzene rings is 1. The molecule has 2 aromatic rings. The molecule has 0 N–H and O–H groups in total. The fourth-order valence-corrected chi connectivity index (χ4v) is 4.02. The van der Waals surface area contributed by atoms with E-state index in [0.29, 0.717) is 11.9 Å². The van der Waals surface area contributed by atoms with Crippen molar-refractivity contribution < 1.29 is 4.52 Å². The first-order valence-electron chi connectivity index (χ1n) is 10.6. The summed E-state index contributed by atoms with van der Waals surface area (Å²) in [6, 6.07) is 9.80. The molecule has 1 aromatic carbocycles. The lowest BCUT2D eigenvalue weighted by atomic mass is 9.86. The molecule has 0 spiro atoms. The highest BCUT2D eigenvalue weighted by atomic mass is 16.5. The fourth-order valence-electron chi connectivity index (χ4n) is 4.02. The monoisotopic (exact) mass is 384 g/mol. The van der Waals surface area contributed by atoms with E-state index in [2.05, 4.69) is 72.0 Å². The Morgan fingerprint density at radius 1 is 1.14 bits per heavy atom. The van der Waals surface area contributed by atoms with Gasteiger partial charge in [0.2, 0.25) is 5.89 Å². The molecule has 28 heavy (non-hydrogen) atoms. The van der Waals surface area contributed by atoms with Gasteiger partial charge in [-0.15, -0.1) is 0 Å². The quantitative estimate of drug-likeness (QED) is 0.747. The van der Waals surface area contributed by atoms with Gasteiger partial charge in [-0.1, -0.05) is 50.2 Å². The van der Waals surface area contributed by atoms with E-state index in [-0.39, 0.29) is 5.41 Å². The minimum Gasteiger partial charge on any atom is -0.340 e. The molecule has 3 rings (SSSR count). The highest BCUT2D eigenvalue weighted by molar-refractivity contribution is 5.27. The van der Waals surface area contributed by atoms with Gasteiger partial charge in [-0.25, -0.2) is 0 Å². The standard InChI is InChI=1S/C23H36N4O/c1-18-24-22(25-28-18)17-26(5)21-7-6-14-27(16-13-21)15-12-19-8-10-20(11-9-19)23(2,3)4/h8-11,21H,6-7,12-17H2,1-5H3. The van der Waals surface area contributed by atoms with Crippen molar-refractivity contribution in [3.8, 4) is 0 Å². The maximum atomic E-state index is 5.10. The van der Waals surface area contributed by atoms with Crippen molar-refractivity contribution in [2.45, 2.75) is 71.4 Å². The van der Waals surface area contributed by atoms with Crippen LogP contribution < -0.4 is 0 Å². The third-order valence-corrected chi connectivity index (χ3v) is 5.91. The van der Waals surface area contributed by atoms with Gasteiger partial charge in [-0.2, -0.15) is 4.98 Å². The summed E-state index contributed by atoms with van der Waals surface area (Å²) in [5.41, 5.74) is 3.08.